The van der Waals surface area contributed by atoms with Crippen LogP contribution >= 0.6 is 23.5 Å². The van der Waals surface area contributed by atoms with Crippen LogP contribution in [-0.2, 0) is 4.79 Å². The number of rotatable bonds is 8. The quantitative estimate of drug-likeness (QED) is 0.591. The van der Waals surface area contributed by atoms with E-state index >= 15 is 0 Å². The van der Waals surface area contributed by atoms with Gasteiger partial charge in [0.25, 0.3) is 0 Å². The highest BCUT2D eigenvalue weighted by Crippen LogP contribution is 2.00. The Bertz CT molecular complexity index is 133. The molecule has 3 nitrogen and oxygen atoms in total. The van der Waals surface area contributed by atoms with E-state index in [4.69, 9.17) is 5.11 Å². The van der Waals surface area contributed by atoms with Gasteiger partial charge in [0.15, 0.2) is 0 Å². The fourth-order valence-corrected chi connectivity index (χ4v) is 1.86. The topological polar surface area (TPSA) is 49.3 Å². The molecule has 0 spiro atoms. The molecule has 0 bridgehead atoms. The Kier molecular flexibility index (Phi) is 10.3. The van der Waals surface area contributed by atoms with Gasteiger partial charge in [0.2, 0.25) is 5.91 Å². The third-order valence-electron chi connectivity index (χ3n) is 1.29. The third kappa shape index (κ3) is 10.0. The first-order chi connectivity index (χ1) is 6.31. The minimum atomic E-state index is 0.107. The zero-order valence-electron chi connectivity index (χ0n) is 7.91. The highest BCUT2D eigenvalue weighted by Gasteiger charge is 1.97. The van der Waals surface area contributed by atoms with Crippen LogP contribution in [0.5, 0.6) is 0 Å². The fraction of sp³-hybridized carbons (Fsp3) is 0.875. The Labute approximate surface area is 88.0 Å². The van der Waals surface area contributed by atoms with Crippen LogP contribution in [0.25, 0.3) is 0 Å². The molecule has 0 aliphatic heterocycles. The van der Waals surface area contributed by atoms with Crippen molar-refractivity contribution in [1.82, 2.24) is 5.32 Å². The predicted molar refractivity (Wildman–Crippen MR) is 60.4 cm³/mol. The highest BCUT2D eigenvalue weighted by atomic mass is 32.2. The number of aliphatic hydroxyl groups excluding tert-OH is 1. The fourth-order valence-electron chi connectivity index (χ4n) is 0.713. The Morgan fingerprint density at radius 2 is 2.23 bits per heavy atom. The first-order valence-corrected chi connectivity index (χ1v) is 6.80. The molecular weight excluding hydrogens is 206 g/mol. The molecule has 0 saturated heterocycles. The highest BCUT2D eigenvalue weighted by molar-refractivity contribution is 7.99. The van der Waals surface area contributed by atoms with Crippen LogP contribution in [0.15, 0.2) is 0 Å². The molecule has 1 amide bonds. The lowest BCUT2D eigenvalue weighted by atomic mass is 10.5. The summed E-state index contributed by atoms with van der Waals surface area (Å²) in [6, 6.07) is 0. The van der Waals surface area contributed by atoms with E-state index in [0.717, 1.165) is 24.5 Å². The van der Waals surface area contributed by atoms with Crippen LogP contribution in [0.3, 0.4) is 0 Å². The normalized spacial score (nSPS) is 10.0. The molecule has 0 aliphatic carbocycles. The second-order valence-corrected chi connectivity index (χ2v) is 4.56. The number of carbonyl (C=O) groups is 1. The van der Waals surface area contributed by atoms with Gasteiger partial charge in [-0.15, -0.1) is 0 Å². The molecule has 0 aromatic heterocycles. The monoisotopic (exact) mass is 223 g/mol. The second kappa shape index (κ2) is 10.2. The van der Waals surface area contributed by atoms with Gasteiger partial charge < -0.3 is 10.4 Å². The van der Waals surface area contributed by atoms with E-state index in [1.807, 2.05) is 6.26 Å². The Morgan fingerprint density at radius 3 is 2.85 bits per heavy atom. The second-order valence-electron chi connectivity index (χ2n) is 2.47. The summed E-state index contributed by atoms with van der Waals surface area (Å²) in [6.07, 6.45) is 2.75. The lowest BCUT2D eigenvalue weighted by molar-refractivity contribution is -0.118. The van der Waals surface area contributed by atoms with Gasteiger partial charge in [-0.05, 0) is 18.4 Å². The van der Waals surface area contributed by atoms with Gasteiger partial charge in [-0.2, -0.15) is 23.5 Å². The maximum absolute atomic E-state index is 11.0. The van der Waals surface area contributed by atoms with Gasteiger partial charge in [0, 0.05) is 18.9 Å². The number of carbonyl (C=O) groups excluding carboxylic acids is 1. The van der Waals surface area contributed by atoms with Gasteiger partial charge >= 0.3 is 0 Å². The molecule has 0 heterocycles. The minimum absolute atomic E-state index is 0.107. The van der Waals surface area contributed by atoms with Crippen molar-refractivity contribution >= 4 is 29.4 Å². The molecule has 0 aromatic carbocycles. The van der Waals surface area contributed by atoms with E-state index in [-0.39, 0.29) is 12.5 Å². The number of thioether (sulfide) groups is 2. The third-order valence-corrected chi connectivity index (χ3v) is 2.91. The molecule has 2 N–H and O–H groups in total. The van der Waals surface area contributed by atoms with Crippen molar-refractivity contribution < 1.29 is 9.90 Å². The summed E-state index contributed by atoms with van der Waals surface area (Å²) < 4.78 is 0. The standard InChI is InChI=1S/C8H17NO2S2/c1-12-7-8(11)9-3-6-13-5-2-4-10/h10H,2-7H2,1H3,(H,9,11). The van der Waals surface area contributed by atoms with Crippen molar-refractivity contribution in [3.63, 3.8) is 0 Å². The van der Waals surface area contributed by atoms with Crippen molar-refractivity contribution in [2.75, 3.05) is 36.7 Å². The van der Waals surface area contributed by atoms with Crippen molar-refractivity contribution in [2.24, 2.45) is 0 Å². The van der Waals surface area contributed by atoms with Crippen molar-refractivity contribution in [3.8, 4) is 0 Å². The van der Waals surface area contributed by atoms with Crippen LogP contribution in [0.4, 0.5) is 0 Å². The molecule has 13 heavy (non-hydrogen) atoms. The number of hydrogen-bond donors (Lipinski definition) is 2. The lowest BCUT2D eigenvalue weighted by Crippen LogP contribution is -2.27. The summed E-state index contributed by atoms with van der Waals surface area (Å²) in [5, 5.41) is 11.3. The van der Waals surface area contributed by atoms with Gasteiger partial charge in [-0.3, -0.25) is 4.79 Å². The Balaban J connectivity index is 3.02. The minimum Gasteiger partial charge on any atom is -0.396 e. The Hall–Kier alpha value is 0.130. The Morgan fingerprint density at radius 1 is 1.46 bits per heavy atom. The van der Waals surface area contributed by atoms with Crippen molar-refractivity contribution in [1.29, 1.82) is 0 Å². The van der Waals surface area contributed by atoms with E-state index < -0.39 is 0 Å². The number of amides is 1. The SMILES string of the molecule is CSCC(=O)NCCSCCCO. The van der Waals surface area contributed by atoms with Crippen molar-refractivity contribution in [2.45, 2.75) is 6.42 Å². The van der Waals surface area contributed by atoms with Crippen LogP contribution in [-0.4, -0.2) is 47.7 Å². The average molecular weight is 223 g/mol. The van der Waals surface area contributed by atoms with E-state index in [1.54, 1.807) is 11.8 Å². The molecule has 5 heteroatoms. The molecule has 0 aliphatic rings. The first-order valence-electron chi connectivity index (χ1n) is 4.25. The summed E-state index contributed by atoms with van der Waals surface area (Å²) in [6.45, 7) is 0.987. The van der Waals surface area contributed by atoms with E-state index in [0.29, 0.717) is 5.75 Å². The predicted octanol–water partition coefficient (Wildman–Crippen LogP) is 0.581. The first kappa shape index (κ1) is 13.1. The maximum Gasteiger partial charge on any atom is 0.230 e. The molecule has 0 atom stereocenters. The summed E-state index contributed by atoms with van der Waals surface area (Å²) in [7, 11) is 0. The smallest absolute Gasteiger partial charge is 0.230 e. The van der Waals surface area contributed by atoms with Crippen LogP contribution in [0.1, 0.15) is 6.42 Å². The largest absolute Gasteiger partial charge is 0.396 e. The molecule has 0 aromatic rings. The summed E-state index contributed by atoms with van der Waals surface area (Å²) >= 11 is 3.29. The molecule has 0 rings (SSSR count). The van der Waals surface area contributed by atoms with Gasteiger partial charge in [0.1, 0.15) is 0 Å². The zero-order chi connectivity index (χ0) is 9.94. The zero-order valence-corrected chi connectivity index (χ0v) is 9.55. The van der Waals surface area contributed by atoms with Gasteiger partial charge in [-0.1, -0.05) is 0 Å². The molecule has 78 valence electrons. The van der Waals surface area contributed by atoms with Crippen LogP contribution < -0.4 is 5.32 Å². The van der Waals surface area contributed by atoms with E-state index in [9.17, 15) is 4.79 Å². The number of nitrogens with one attached hydrogen (secondary N) is 1. The molecule has 0 saturated carbocycles. The summed E-state index contributed by atoms with van der Waals surface area (Å²) in [5.74, 6) is 2.55. The van der Waals surface area contributed by atoms with Crippen LogP contribution in [0.2, 0.25) is 0 Å². The average Bonchev–Trinajstić information content (AvgIpc) is 2.11. The summed E-state index contributed by atoms with van der Waals surface area (Å²) in [5.41, 5.74) is 0. The van der Waals surface area contributed by atoms with Gasteiger partial charge in [0.05, 0.1) is 5.75 Å². The van der Waals surface area contributed by atoms with E-state index in [1.165, 1.54) is 11.8 Å². The number of hydrogen-bond acceptors (Lipinski definition) is 4. The molecule has 0 fully saturated rings. The molecular formula is C8H17NO2S2. The molecule has 0 unspecified atom stereocenters. The molecule has 0 radical (unpaired) electrons. The van der Waals surface area contributed by atoms with Gasteiger partial charge in [-0.25, -0.2) is 0 Å². The van der Waals surface area contributed by atoms with Crippen LogP contribution in [0, 0.1) is 0 Å². The lowest BCUT2D eigenvalue weighted by Gasteiger charge is -2.03. The van der Waals surface area contributed by atoms with E-state index in [2.05, 4.69) is 5.32 Å². The number of aliphatic hydroxyl groups is 1. The summed E-state index contributed by atoms with van der Waals surface area (Å²) in [4.78, 5) is 11.0. The maximum atomic E-state index is 11.0. The van der Waals surface area contributed by atoms with Crippen molar-refractivity contribution in [3.05, 3.63) is 0 Å².